The van der Waals surface area contributed by atoms with Crippen LogP contribution in [0.2, 0.25) is 0 Å². The molecular weight excluding hydrogens is 266 g/mol. The van der Waals surface area contributed by atoms with E-state index in [-0.39, 0.29) is 0 Å². The van der Waals surface area contributed by atoms with Crippen molar-refractivity contribution in [2.45, 2.75) is 25.8 Å². The Kier molecular flexibility index (Phi) is 7.73. The van der Waals surface area contributed by atoms with Gasteiger partial charge in [-0.3, -0.25) is 4.90 Å². The molecule has 4 heteroatoms. The molecule has 0 aromatic heterocycles. The molecular formula is C16H27N3S. The molecule has 1 unspecified atom stereocenters. The number of thiocarbonyl (C=S) groups is 1. The van der Waals surface area contributed by atoms with Gasteiger partial charge in [0, 0.05) is 12.5 Å². The van der Waals surface area contributed by atoms with Gasteiger partial charge in [0.1, 0.15) is 0 Å². The van der Waals surface area contributed by atoms with Crippen molar-refractivity contribution < 1.29 is 0 Å². The molecule has 0 aliphatic carbocycles. The third kappa shape index (κ3) is 5.99. The van der Waals surface area contributed by atoms with Crippen LogP contribution in [-0.4, -0.2) is 48.5 Å². The van der Waals surface area contributed by atoms with E-state index in [4.69, 9.17) is 18.0 Å². The molecule has 0 aliphatic rings. The minimum absolute atomic E-state index is 0.292. The molecule has 112 valence electrons. The van der Waals surface area contributed by atoms with Crippen LogP contribution in [0.1, 0.15) is 31.4 Å². The van der Waals surface area contributed by atoms with Gasteiger partial charge in [-0.2, -0.15) is 0 Å². The number of hydrogen-bond donors (Lipinski definition) is 1. The average molecular weight is 293 g/mol. The summed E-state index contributed by atoms with van der Waals surface area (Å²) in [7, 11) is 4.22. The quantitative estimate of drug-likeness (QED) is 0.710. The molecule has 0 saturated heterocycles. The van der Waals surface area contributed by atoms with Gasteiger partial charge in [0.25, 0.3) is 0 Å². The first-order valence-electron chi connectivity index (χ1n) is 7.26. The Morgan fingerprint density at radius 2 is 1.85 bits per heavy atom. The van der Waals surface area contributed by atoms with Crippen LogP contribution in [0, 0.1) is 0 Å². The number of nitrogens with two attached hydrogens (primary N) is 1. The van der Waals surface area contributed by atoms with Crippen LogP contribution in [0.15, 0.2) is 30.3 Å². The van der Waals surface area contributed by atoms with E-state index in [1.165, 1.54) is 5.56 Å². The Labute approximate surface area is 128 Å². The van der Waals surface area contributed by atoms with E-state index in [1.54, 1.807) is 0 Å². The highest BCUT2D eigenvalue weighted by Crippen LogP contribution is 2.24. The summed E-state index contributed by atoms with van der Waals surface area (Å²) in [5, 5.41) is 0. The first kappa shape index (κ1) is 17.1. The molecule has 0 heterocycles. The summed E-state index contributed by atoms with van der Waals surface area (Å²) in [5.41, 5.74) is 7.09. The minimum Gasteiger partial charge on any atom is -0.393 e. The Morgan fingerprint density at radius 1 is 1.20 bits per heavy atom. The van der Waals surface area contributed by atoms with Gasteiger partial charge in [0.05, 0.1) is 4.99 Å². The molecule has 0 radical (unpaired) electrons. The van der Waals surface area contributed by atoms with Crippen LogP contribution in [0.5, 0.6) is 0 Å². The molecule has 1 aromatic carbocycles. The van der Waals surface area contributed by atoms with Crippen molar-refractivity contribution in [2.24, 2.45) is 5.73 Å². The molecule has 20 heavy (non-hydrogen) atoms. The molecule has 3 nitrogen and oxygen atoms in total. The van der Waals surface area contributed by atoms with Gasteiger partial charge in [0.15, 0.2) is 0 Å². The number of nitrogens with zero attached hydrogens (tertiary/aromatic N) is 2. The van der Waals surface area contributed by atoms with Crippen molar-refractivity contribution in [3.63, 3.8) is 0 Å². The second kappa shape index (κ2) is 9.06. The summed E-state index contributed by atoms with van der Waals surface area (Å²) in [5.74, 6) is 0. The van der Waals surface area contributed by atoms with E-state index in [1.807, 2.05) is 6.07 Å². The Morgan fingerprint density at radius 3 is 2.35 bits per heavy atom. The van der Waals surface area contributed by atoms with E-state index in [0.29, 0.717) is 11.0 Å². The largest absolute Gasteiger partial charge is 0.393 e. The van der Waals surface area contributed by atoms with E-state index in [9.17, 15) is 0 Å². The Bertz CT molecular complexity index is 392. The van der Waals surface area contributed by atoms with Crippen molar-refractivity contribution in [1.29, 1.82) is 0 Å². The number of benzene rings is 1. The third-order valence-corrected chi connectivity index (χ3v) is 3.64. The van der Waals surface area contributed by atoms with Gasteiger partial charge in [-0.05, 0) is 45.7 Å². The van der Waals surface area contributed by atoms with Crippen molar-refractivity contribution in [2.75, 3.05) is 33.7 Å². The fourth-order valence-corrected chi connectivity index (χ4v) is 2.61. The molecule has 2 N–H and O–H groups in total. The molecule has 0 fully saturated rings. The van der Waals surface area contributed by atoms with Crippen molar-refractivity contribution in [3.05, 3.63) is 35.9 Å². The summed E-state index contributed by atoms with van der Waals surface area (Å²) < 4.78 is 0. The van der Waals surface area contributed by atoms with Crippen LogP contribution in [-0.2, 0) is 0 Å². The van der Waals surface area contributed by atoms with Crippen LogP contribution in [0.4, 0.5) is 0 Å². The average Bonchev–Trinajstić information content (AvgIpc) is 2.42. The highest BCUT2D eigenvalue weighted by molar-refractivity contribution is 7.80. The van der Waals surface area contributed by atoms with E-state index in [2.05, 4.69) is 55.1 Å². The maximum absolute atomic E-state index is 5.80. The van der Waals surface area contributed by atoms with Gasteiger partial charge >= 0.3 is 0 Å². The summed E-state index contributed by atoms with van der Waals surface area (Å²) >= 11 is 5.14. The van der Waals surface area contributed by atoms with E-state index >= 15 is 0 Å². The summed E-state index contributed by atoms with van der Waals surface area (Å²) in [6, 6.07) is 10.8. The van der Waals surface area contributed by atoms with Gasteiger partial charge in [-0.15, -0.1) is 0 Å². The molecule has 0 bridgehead atoms. The number of rotatable bonds is 9. The Hall–Kier alpha value is -0.970. The monoisotopic (exact) mass is 293 g/mol. The topological polar surface area (TPSA) is 32.5 Å². The standard InChI is InChI=1S/C16H27N3S/c1-4-19(12-8-11-18(2)3)15(13-16(17)20)14-9-6-5-7-10-14/h5-7,9-10,15H,4,8,11-13H2,1-3H3,(H2,17,20). The molecule has 0 saturated carbocycles. The van der Waals surface area contributed by atoms with Crippen LogP contribution in [0.3, 0.4) is 0 Å². The second-order valence-corrected chi connectivity index (χ2v) is 5.91. The molecule has 1 aromatic rings. The maximum Gasteiger partial charge on any atom is 0.0746 e. The van der Waals surface area contributed by atoms with Crippen LogP contribution in [0.25, 0.3) is 0 Å². The van der Waals surface area contributed by atoms with Gasteiger partial charge in [-0.1, -0.05) is 49.5 Å². The summed E-state index contributed by atoms with van der Waals surface area (Å²) in [6.07, 6.45) is 1.90. The smallest absolute Gasteiger partial charge is 0.0746 e. The predicted molar refractivity (Wildman–Crippen MR) is 91.0 cm³/mol. The van der Waals surface area contributed by atoms with Crippen molar-refractivity contribution in [3.8, 4) is 0 Å². The first-order chi connectivity index (χ1) is 9.54. The lowest BCUT2D eigenvalue weighted by Crippen LogP contribution is -2.33. The third-order valence-electron chi connectivity index (χ3n) is 3.48. The SMILES string of the molecule is CCN(CCCN(C)C)C(CC(N)=S)c1ccccc1. The highest BCUT2D eigenvalue weighted by Gasteiger charge is 2.19. The summed E-state index contributed by atoms with van der Waals surface area (Å²) in [6.45, 7) is 5.38. The molecule has 0 spiro atoms. The van der Waals surface area contributed by atoms with Crippen molar-refractivity contribution in [1.82, 2.24) is 9.80 Å². The van der Waals surface area contributed by atoms with E-state index in [0.717, 1.165) is 32.5 Å². The van der Waals surface area contributed by atoms with Gasteiger partial charge in [-0.25, -0.2) is 0 Å². The van der Waals surface area contributed by atoms with Crippen LogP contribution >= 0.6 is 12.2 Å². The molecule has 1 rings (SSSR count). The van der Waals surface area contributed by atoms with Crippen LogP contribution < -0.4 is 5.73 Å². The number of hydrogen-bond acceptors (Lipinski definition) is 3. The van der Waals surface area contributed by atoms with E-state index < -0.39 is 0 Å². The maximum atomic E-state index is 5.80. The zero-order chi connectivity index (χ0) is 15.0. The second-order valence-electron chi connectivity index (χ2n) is 5.38. The van der Waals surface area contributed by atoms with Gasteiger partial charge < -0.3 is 10.6 Å². The normalized spacial score (nSPS) is 12.8. The zero-order valence-corrected chi connectivity index (χ0v) is 13.7. The lowest BCUT2D eigenvalue weighted by Gasteiger charge is -2.31. The lowest BCUT2D eigenvalue weighted by atomic mass is 10.0. The summed E-state index contributed by atoms with van der Waals surface area (Å²) in [4.78, 5) is 5.28. The minimum atomic E-state index is 0.292. The predicted octanol–water partition coefficient (Wildman–Crippen LogP) is 2.68. The molecule has 1 atom stereocenters. The highest BCUT2D eigenvalue weighted by atomic mass is 32.1. The first-order valence-corrected chi connectivity index (χ1v) is 7.67. The zero-order valence-electron chi connectivity index (χ0n) is 12.9. The van der Waals surface area contributed by atoms with Crippen molar-refractivity contribution >= 4 is 17.2 Å². The fraction of sp³-hybridized carbons (Fsp3) is 0.562. The molecule has 0 aliphatic heterocycles. The lowest BCUT2D eigenvalue weighted by molar-refractivity contribution is 0.201. The Balaban J connectivity index is 2.76. The molecule has 0 amide bonds. The van der Waals surface area contributed by atoms with Gasteiger partial charge in [0.2, 0.25) is 0 Å². The fourth-order valence-electron chi connectivity index (χ4n) is 2.45.